The number of anilines is 1. The number of methoxy groups -OCH3 is 1. The molecule has 0 bridgehead atoms. The second-order valence-corrected chi connectivity index (χ2v) is 6.29. The van der Waals surface area contributed by atoms with E-state index in [0.29, 0.717) is 15.6 Å². The van der Waals surface area contributed by atoms with Crippen LogP contribution in [-0.2, 0) is 4.74 Å². The zero-order valence-corrected chi connectivity index (χ0v) is 12.3. The monoisotopic (exact) mass is 296 g/mol. The predicted molar refractivity (Wildman–Crippen MR) is 75.2 cm³/mol. The molecule has 0 radical (unpaired) electrons. The van der Waals surface area contributed by atoms with E-state index in [1.165, 1.54) is 13.3 Å². The van der Waals surface area contributed by atoms with Gasteiger partial charge in [0.15, 0.2) is 5.13 Å². The van der Waals surface area contributed by atoms with E-state index in [2.05, 4.69) is 15.0 Å². The summed E-state index contributed by atoms with van der Waals surface area (Å²) in [6.07, 6.45) is 1.39. The SMILES string of the molecule is COC(=O)c1cnc(NC(=O)c2cc(C)sc2C)s1. The fourth-order valence-electron chi connectivity index (χ4n) is 1.55. The molecule has 100 valence electrons. The molecule has 0 fully saturated rings. The molecule has 0 atom stereocenters. The highest BCUT2D eigenvalue weighted by atomic mass is 32.1. The number of hydrogen-bond donors (Lipinski definition) is 1. The van der Waals surface area contributed by atoms with E-state index in [1.807, 2.05) is 19.9 Å². The van der Waals surface area contributed by atoms with Gasteiger partial charge < -0.3 is 4.74 Å². The molecule has 1 amide bonds. The van der Waals surface area contributed by atoms with E-state index in [9.17, 15) is 9.59 Å². The molecule has 2 rings (SSSR count). The van der Waals surface area contributed by atoms with Crippen LogP contribution in [0, 0.1) is 13.8 Å². The Kier molecular flexibility index (Phi) is 3.96. The van der Waals surface area contributed by atoms with E-state index in [4.69, 9.17) is 0 Å². The van der Waals surface area contributed by atoms with Crippen LogP contribution in [0.4, 0.5) is 5.13 Å². The molecule has 0 aliphatic carbocycles. The molecular formula is C12H12N2O3S2. The smallest absolute Gasteiger partial charge is 0.349 e. The Morgan fingerprint density at radius 2 is 2.05 bits per heavy atom. The third-order valence-corrected chi connectivity index (χ3v) is 4.26. The molecule has 0 aliphatic rings. The lowest BCUT2D eigenvalue weighted by atomic mass is 10.2. The Labute approximate surface area is 118 Å². The number of hydrogen-bond acceptors (Lipinski definition) is 6. The van der Waals surface area contributed by atoms with Gasteiger partial charge in [-0.25, -0.2) is 9.78 Å². The van der Waals surface area contributed by atoms with Crippen LogP contribution in [0.2, 0.25) is 0 Å². The number of amides is 1. The van der Waals surface area contributed by atoms with Gasteiger partial charge in [-0.1, -0.05) is 11.3 Å². The highest BCUT2D eigenvalue weighted by molar-refractivity contribution is 7.17. The summed E-state index contributed by atoms with van der Waals surface area (Å²) >= 11 is 2.66. The van der Waals surface area contributed by atoms with Gasteiger partial charge in [0.1, 0.15) is 4.88 Å². The molecule has 19 heavy (non-hydrogen) atoms. The van der Waals surface area contributed by atoms with Crippen molar-refractivity contribution in [1.29, 1.82) is 0 Å². The molecule has 0 unspecified atom stereocenters. The Hall–Kier alpha value is -1.73. The molecule has 2 heterocycles. The zero-order chi connectivity index (χ0) is 14.0. The predicted octanol–water partition coefficient (Wildman–Crippen LogP) is 2.86. The van der Waals surface area contributed by atoms with E-state index in [-0.39, 0.29) is 5.91 Å². The van der Waals surface area contributed by atoms with Gasteiger partial charge in [-0.05, 0) is 19.9 Å². The summed E-state index contributed by atoms with van der Waals surface area (Å²) in [6.45, 7) is 3.85. The highest BCUT2D eigenvalue weighted by Crippen LogP contribution is 2.23. The molecule has 0 aliphatic heterocycles. The minimum atomic E-state index is -0.458. The lowest BCUT2D eigenvalue weighted by Gasteiger charge is -1.99. The summed E-state index contributed by atoms with van der Waals surface area (Å²) in [5, 5.41) is 3.06. The third-order valence-electron chi connectivity index (χ3n) is 2.40. The standard InChI is InChI=1S/C12H12N2O3S2/c1-6-4-8(7(2)18-6)10(15)14-12-13-5-9(19-12)11(16)17-3/h4-5H,1-3H3,(H,13,14,15). The molecule has 1 N–H and O–H groups in total. The van der Waals surface area contributed by atoms with E-state index in [0.717, 1.165) is 21.1 Å². The number of nitrogens with zero attached hydrogens (tertiary/aromatic N) is 1. The van der Waals surface area contributed by atoms with Crippen LogP contribution in [0.1, 0.15) is 29.8 Å². The van der Waals surface area contributed by atoms with Crippen LogP contribution in [0.15, 0.2) is 12.3 Å². The fraction of sp³-hybridized carbons (Fsp3) is 0.250. The van der Waals surface area contributed by atoms with Crippen molar-refractivity contribution < 1.29 is 14.3 Å². The lowest BCUT2D eigenvalue weighted by molar-refractivity contribution is 0.0606. The Bertz CT molecular complexity index is 631. The summed E-state index contributed by atoms with van der Waals surface area (Å²) < 4.78 is 4.58. The topological polar surface area (TPSA) is 68.3 Å². The maximum absolute atomic E-state index is 12.0. The summed E-state index contributed by atoms with van der Waals surface area (Å²) in [5.74, 6) is -0.673. The number of aromatic nitrogens is 1. The zero-order valence-electron chi connectivity index (χ0n) is 10.6. The largest absolute Gasteiger partial charge is 0.465 e. The first-order valence-corrected chi connectivity index (χ1v) is 7.07. The van der Waals surface area contributed by atoms with E-state index < -0.39 is 5.97 Å². The second-order valence-electron chi connectivity index (χ2n) is 3.80. The van der Waals surface area contributed by atoms with Crippen LogP contribution in [0.5, 0.6) is 0 Å². The summed E-state index contributed by atoms with van der Waals surface area (Å²) in [7, 11) is 1.30. The average molecular weight is 296 g/mol. The van der Waals surface area contributed by atoms with Crippen molar-refractivity contribution in [2.24, 2.45) is 0 Å². The third kappa shape index (κ3) is 2.99. The van der Waals surface area contributed by atoms with Gasteiger partial charge in [-0.2, -0.15) is 0 Å². The first-order chi connectivity index (χ1) is 9.01. The van der Waals surface area contributed by atoms with Gasteiger partial charge in [0, 0.05) is 9.75 Å². The maximum Gasteiger partial charge on any atom is 0.349 e. The highest BCUT2D eigenvalue weighted by Gasteiger charge is 2.15. The number of nitrogens with one attached hydrogen (secondary N) is 1. The summed E-state index contributed by atoms with van der Waals surface area (Å²) in [4.78, 5) is 29.7. The molecule has 0 saturated carbocycles. The molecule has 2 aromatic rings. The van der Waals surface area contributed by atoms with Crippen molar-refractivity contribution in [1.82, 2.24) is 4.98 Å². The lowest BCUT2D eigenvalue weighted by Crippen LogP contribution is -2.11. The van der Waals surface area contributed by atoms with Crippen LogP contribution in [0.3, 0.4) is 0 Å². The number of thiazole rings is 1. The minimum Gasteiger partial charge on any atom is -0.465 e. The Morgan fingerprint density at radius 1 is 1.32 bits per heavy atom. The number of aryl methyl sites for hydroxylation is 2. The molecular weight excluding hydrogens is 284 g/mol. The molecule has 7 heteroatoms. The first-order valence-electron chi connectivity index (χ1n) is 5.43. The normalized spacial score (nSPS) is 10.3. The van der Waals surface area contributed by atoms with Crippen LogP contribution in [0.25, 0.3) is 0 Å². The molecule has 0 saturated heterocycles. The summed E-state index contributed by atoms with van der Waals surface area (Å²) in [6, 6.07) is 1.84. The summed E-state index contributed by atoms with van der Waals surface area (Å²) in [5.41, 5.74) is 0.636. The fourth-order valence-corrected chi connectivity index (χ4v) is 3.20. The van der Waals surface area contributed by atoms with Crippen molar-refractivity contribution in [3.63, 3.8) is 0 Å². The van der Waals surface area contributed by atoms with Gasteiger partial charge in [0.25, 0.3) is 5.91 Å². The number of carbonyl (C=O) groups excluding carboxylic acids is 2. The number of ether oxygens (including phenoxy) is 1. The van der Waals surface area contributed by atoms with Crippen LogP contribution < -0.4 is 5.32 Å². The molecule has 2 aromatic heterocycles. The van der Waals surface area contributed by atoms with Crippen molar-refractivity contribution in [3.8, 4) is 0 Å². The quantitative estimate of drug-likeness (QED) is 0.884. The van der Waals surface area contributed by atoms with Gasteiger partial charge in [-0.15, -0.1) is 11.3 Å². The first kappa shape index (κ1) is 13.7. The van der Waals surface area contributed by atoms with Crippen molar-refractivity contribution in [2.45, 2.75) is 13.8 Å². The number of esters is 1. The molecule has 5 nitrogen and oxygen atoms in total. The van der Waals surface area contributed by atoms with Crippen LogP contribution in [-0.4, -0.2) is 24.0 Å². The average Bonchev–Trinajstić information content (AvgIpc) is 2.95. The number of carbonyl (C=O) groups is 2. The van der Waals surface area contributed by atoms with Crippen molar-refractivity contribution in [2.75, 3.05) is 12.4 Å². The van der Waals surface area contributed by atoms with Gasteiger partial charge >= 0.3 is 5.97 Å². The van der Waals surface area contributed by atoms with E-state index in [1.54, 1.807) is 11.3 Å². The number of thiophene rings is 1. The van der Waals surface area contributed by atoms with Crippen LogP contribution >= 0.6 is 22.7 Å². The Balaban J connectivity index is 2.13. The minimum absolute atomic E-state index is 0.215. The number of rotatable bonds is 3. The second kappa shape index (κ2) is 5.50. The molecule has 0 spiro atoms. The van der Waals surface area contributed by atoms with Gasteiger partial charge in [-0.3, -0.25) is 10.1 Å². The molecule has 0 aromatic carbocycles. The van der Waals surface area contributed by atoms with Gasteiger partial charge in [0.05, 0.1) is 18.9 Å². The van der Waals surface area contributed by atoms with Crippen molar-refractivity contribution >= 4 is 39.7 Å². The van der Waals surface area contributed by atoms with Gasteiger partial charge in [0.2, 0.25) is 0 Å². The maximum atomic E-state index is 12.0. The van der Waals surface area contributed by atoms with E-state index >= 15 is 0 Å². The van der Waals surface area contributed by atoms with Crippen molar-refractivity contribution in [3.05, 3.63) is 32.5 Å². The Morgan fingerprint density at radius 3 is 2.63 bits per heavy atom.